The molecule has 0 radical (unpaired) electrons. The maximum absolute atomic E-state index is 8.83. The van der Waals surface area contributed by atoms with Gasteiger partial charge in [-0.25, -0.2) is 0 Å². The van der Waals surface area contributed by atoms with E-state index in [0.717, 1.165) is 18.4 Å². The molecule has 0 aromatic carbocycles. The molecule has 76 valence electrons. The van der Waals surface area contributed by atoms with Crippen LogP contribution in [0, 0.1) is 5.92 Å². The molecule has 2 N–H and O–H groups in total. The molecule has 0 atom stereocenters. The highest BCUT2D eigenvalue weighted by Gasteiger charge is 2.27. The number of aliphatic hydroxyl groups is 1. The highest BCUT2D eigenvalue weighted by atomic mass is 16.3. The molecule has 0 bridgehead atoms. The van der Waals surface area contributed by atoms with Gasteiger partial charge in [0, 0.05) is 25.7 Å². The Morgan fingerprint density at radius 3 is 2.38 bits per heavy atom. The van der Waals surface area contributed by atoms with Crippen LogP contribution in [0.1, 0.15) is 19.3 Å². The third-order valence-corrected chi connectivity index (χ3v) is 3.46. The Hall–Kier alpha value is -0.120. The monoisotopic (exact) mass is 184 g/mol. The van der Waals surface area contributed by atoms with Crippen molar-refractivity contribution >= 4 is 0 Å². The van der Waals surface area contributed by atoms with E-state index in [2.05, 4.69) is 10.2 Å². The molecule has 0 aromatic heterocycles. The van der Waals surface area contributed by atoms with E-state index in [1.807, 2.05) is 0 Å². The fourth-order valence-corrected chi connectivity index (χ4v) is 2.32. The number of nitrogens with one attached hydrogen (secondary N) is 1. The summed E-state index contributed by atoms with van der Waals surface area (Å²) in [5.74, 6) is 0.786. The minimum absolute atomic E-state index is 0.371. The van der Waals surface area contributed by atoms with E-state index in [1.165, 1.54) is 39.0 Å². The molecular formula is C10H20N2O. The lowest BCUT2D eigenvalue weighted by Crippen LogP contribution is -2.58. The number of nitrogens with zero attached hydrogens (tertiary/aromatic N) is 1. The molecule has 0 unspecified atom stereocenters. The average Bonchev–Trinajstić information content (AvgIpc) is 2.06. The summed E-state index contributed by atoms with van der Waals surface area (Å²) in [6.07, 6.45) is 3.59. The Labute approximate surface area is 80.1 Å². The van der Waals surface area contributed by atoms with Crippen LogP contribution in [0.2, 0.25) is 0 Å². The first-order chi connectivity index (χ1) is 6.40. The van der Waals surface area contributed by atoms with Crippen molar-refractivity contribution < 1.29 is 5.11 Å². The average molecular weight is 184 g/mol. The van der Waals surface area contributed by atoms with Gasteiger partial charge < -0.3 is 10.4 Å². The first-order valence-electron chi connectivity index (χ1n) is 5.46. The Balaban J connectivity index is 1.69. The molecule has 0 aliphatic carbocycles. The molecule has 0 amide bonds. The van der Waals surface area contributed by atoms with Crippen LogP contribution in [0.4, 0.5) is 0 Å². The Bertz CT molecular complexity index is 151. The predicted molar refractivity (Wildman–Crippen MR) is 52.7 cm³/mol. The van der Waals surface area contributed by atoms with E-state index in [1.54, 1.807) is 0 Å². The van der Waals surface area contributed by atoms with E-state index in [-0.39, 0.29) is 0 Å². The summed E-state index contributed by atoms with van der Waals surface area (Å²) in [6.45, 7) is 5.24. The van der Waals surface area contributed by atoms with Gasteiger partial charge in [0.25, 0.3) is 0 Å². The summed E-state index contributed by atoms with van der Waals surface area (Å²) in [5, 5.41) is 12.1. The molecule has 2 heterocycles. The molecule has 0 aromatic rings. The van der Waals surface area contributed by atoms with Gasteiger partial charge in [-0.15, -0.1) is 0 Å². The van der Waals surface area contributed by atoms with Crippen molar-refractivity contribution in [2.24, 2.45) is 5.92 Å². The highest BCUT2D eigenvalue weighted by molar-refractivity contribution is 4.87. The highest BCUT2D eigenvalue weighted by Crippen LogP contribution is 2.22. The second-order valence-corrected chi connectivity index (χ2v) is 4.30. The first-order valence-corrected chi connectivity index (χ1v) is 5.46. The number of piperidine rings is 1. The van der Waals surface area contributed by atoms with Crippen LogP contribution in [0.3, 0.4) is 0 Å². The van der Waals surface area contributed by atoms with Gasteiger partial charge in [-0.3, -0.25) is 4.90 Å². The van der Waals surface area contributed by atoms with Crippen LogP contribution in [-0.2, 0) is 0 Å². The SMILES string of the molecule is OCCC1CCN(C2CNC2)CC1. The molecule has 2 aliphatic rings. The van der Waals surface area contributed by atoms with Gasteiger partial charge >= 0.3 is 0 Å². The first kappa shape index (κ1) is 9.44. The summed E-state index contributed by atoms with van der Waals surface area (Å²) in [6, 6.07) is 0.815. The third kappa shape index (κ3) is 2.22. The molecule has 0 saturated carbocycles. The second-order valence-electron chi connectivity index (χ2n) is 4.30. The standard InChI is InChI=1S/C10H20N2O/c13-6-3-9-1-4-12(5-2-9)10-7-11-8-10/h9-11,13H,1-8H2. The Morgan fingerprint density at radius 2 is 1.92 bits per heavy atom. The van der Waals surface area contributed by atoms with Gasteiger partial charge in [0.15, 0.2) is 0 Å². The van der Waals surface area contributed by atoms with Crippen molar-refractivity contribution in [1.29, 1.82) is 0 Å². The number of rotatable bonds is 3. The van der Waals surface area contributed by atoms with Crippen LogP contribution in [0.25, 0.3) is 0 Å². The van der Waals surface area contributed by atoms with Crippen LogP contribution in [-0.4, -0.2) is 48.8 Å². The predicted octanol–water partition coefficient (Wildman–Crippen LogP) is 0.0526. The number of likely N-dealkylation sites (tertiary alicyclic amines) is 1. The van der Waals surface area contributed by atoms with Gasteiger partial charge in [0.05, 0.1) is 0 Å². The number of aliphatic hydroxyl groups excluding tert-OH is 1. The number of hydrogen-bond donors (Lipinski definition) is 2. The van der Waals surface area contributed by atoms with Crippen LogP contribution < -0.4 is 5.32 Å². The summed E-state index contributed by atoms with van der Waals surface area (Å²) in [7, 11) is 0. The van der Waals surface area contributed by atoms with Crippen molar-refractivity contribution in [3.05, 3.63) is 0 Å². The maximum Gasteiger partial charge on any atom is 0.0433 e. The van der Waals surface area contributed by atoms with Crippen molar-refractivity contribution in [3.8, 4) is 0 Å². The lowest BCUT2D eigenvalue weighted by atomic mass is 9.92. The summed E-state index contributed by atoms with van der Waals surface area (Å²) in [4.78, 5) is 2.60. The van der Waals surface area contributed by atoms with E-state index >= 15 is 0 Å². The molecule has 13 heavy (non-hydrogen) atoms. The molecular weight excluding hydrogens is 164 g/mol. The Morgan fingerprint density at radius 1 is 1.23 bits per heavy atom. The van der Waals surface area contributed by atoms with E-state index in [4.69, 9.17) is 5.11 Å². The number of hydrogen-bond acceptors (Lipinski definition) is 3. The topological polar surface area (TPSA) is 35.5 Å². The smallest absolute Gasteiger partial charge is 0.0433 e. The molecule has 2 saturated heterocycles. The second kappa shape index (κ2) is 4.40. The zero-order chi connectivity index (χ0) is 9.10. The van der Waals surface area contributed by atoms with Crippen molar-refractivity contribution in [2.75, 3.05) is 32.8 Å². The molecule has 3 nitrogen and oxygen atoms in total. The zero-order valence-corrected chi connectivity index (χ0v) is 8.21. The molecule has 2 rings (SSSR count). The molecule has 3 heteroatoms. The normalized spacial score (nSPS) is 27.5. The van der Waals surface area contributed by atoms with Crippen LogP contribution >= 0.6 is 0 Å². The maximum atomic E-state index is 8.83. The van der Waals surface area contributed by atoms with Gasteiger partial charge in [-0.1, -0.05) is 0 Å². The molecule has 2 aliphatic heterocycles. The zero-order valence-electron chi connectivity index (χ0n) is 8.21. The van der Waals surface area contributed by atoms with E-state index in [9.17, 15) is 0 Å². The van der Waals surface area contributed by atoms with Crippen LogP contribution in [0.5, 0.6) is 0 Å². The van der Waals surface area contributed by atoms with E-state index in [0.29, 0.717) is 6.61 Å². The lowest BCUT2D eigenvalue weighted by molar-refractivity contribution is 0.0905. The van der Waals surface area contributed by atoms with E-state index < -0.39 is 0 Å². The van der Waals surface area contributed by atoms with Crippen LogP contribution in [0.15, 0.2) is 0 Å². The lowest BCUT2D eigenvalue weighted by Gasteiger charge is -2.42. The largest absolute Gasteiger partial charge is 0.396 e. The van der Waals surface area contributed by atoms with Gasteiger partial charge in [0.1, 0.15) is 0 Å². The van der Waals surface area contributed by atoms with Gasteiger partial charge in [-0.2, -0.15) is 0 Å². The fourth-order valence-electron chi connectivity index (χ4n) is 2.32. The molecule has 2 fully saturated rings. The van der Waals surface area contributed by atoms with Crippen molar-refractivity contribution in [1.82, 2.24) is 10.2 Å². The summed E-state index contributed by atoms with van der Waals surface area (Å²) < 4.78 is 0. The minimum Gasteiger partial charge on any atom is -0.396 e. The molecule has 0 spiro atoms. The summed E-state index contributed by atoms with van der Waals surface area (Å²) >= 11 is 0. The third-order valence-electron chi connectivity index (χ3n) is 3.46. The fraction of sp³-hybridized carbons (Fsp3) is 1.00. The van der Waals surface area contributed by atoms with Crippen molar-refractivity contribution in [3.63, 3.8) is 0 Å². The van der Waals surface area contributed by atoms with Crippen molar-refractivity contribution in [2.45, 2.75) is 25.3 Å². The quantitative estimate of drug-likeness (QED) is 0.651. The Kier molecular flexibility index (Phi) is 3.19. The van der Waals surface area contributed by atoms with Gasteiger partial charge in [0.2, 0.25) is 0 Å². The van der Waals surface area contributed by atoms with Gasteiger partial charge in [-0.05, 0) is 38.3 Å². The minimum atomic E-state index is 0.371. The summed E-state index contributed by atoms with van der Waals surface area (Å²) in [5.41, 5.74) is 0.